The van der Waals surface area contributed by atoms with E-state index in [0.29, 0.717) is 24.9 Å². The lowest BCUT2D eigenvalue weighted by molar-refractivity contribution is -0.0489. The predicted octanol–water partition coefficient (Wildman–Crippen LogP) is 3.23. The van der Waals surface area contributed by atoms with Crippen molar-refractivity contribution < 1.29 is 9.47 Å². The van der Waals surface area contributed by atoms with Gasteiger partial charge in [-0.1, -0.05) is 20.8 Å². The Morgan fingerprint density at radius 2 is 1.84 bits per heavy atom. The molecular weight excluding hydrogens is 238 g/mol. The van der Waals surface area contributed by atoms with E-state index in [2.05, 4.69) is 39.9 Å². The lowest BCUT2D eigenvalue weighted by atomic mass is 9.78. The minimum Gasteiger partial charge on any atom is -0.376 e. The molecule has 3 nitrogen and oxygen atoms in total. The number of nitrogens with one attached hydrogen (secondary N) is 1. The number of ether oxygens (including phenoxy) is 2. The standard InChI is InChI=1S/C16H33NO2/c1-6-17-15-8-7-14(12(2)3)11-16(15)19-10-9-18-13(4)5/h12-17H,6-11H2,1-5H3. The van der Waals surface area contributed by atoms with E-state index in [4.69, 9.17) is 9.47 Å². The van der Waals surface area contributed by atoms with Crippen molar-refractivity contribution in [1.29, 1.82) is 0 Å². The van der Waals surface area contributed by atoms with Crippen LogP contribution in [-0.4, -0.2) is 38.0 Å². The van der Waals surface area contributed by atoms with Crippen molar-refractivity contribution >= 4 is 0 Å². The zero-order valence-corrected chi connectivity index (χ0v) is 13.4. The van der Waals surface area contributed by atoms with Gasteiger partial charge in [-0.25, -0.2) is 0 Å². The summed E-state index contributed by atoms with van der Waals surface area (Å²) in [7, 11) is 0. The van der Waals surface area contributed by atoms with Crippen molar-refractivity contribution in [2.45, 2.75) is 72.1 Å². The van der Waals surface area contributed by atoms with Crippen LogP contribution in [0.5, 0.6) is 0 Å². The molecule has 0 aromatic heterocycles. The summed E-state index contributed by atoms with van der Waals surface area (Å²) in [5.74, 6) is 1.58. The molecule has 1 rings (SSSR count). The van der Waals surface area contributed by atoms with Crippen LogP contribution >= 0.6 is 0 Å². The van der Waals surface area contributed by atoms with Crippen molar-refractivity contribution in [3.8, 4) is 0 Å². The second kappa shape index (κ2) is 8.93. The second-order valence-corrected chi connectivity index (χ2v) is 6.31. The van der Waals surface area contributed by atoms with Crippen LogP contribution in [0.25, 0.3) is 0 Å². The zero-order chi connectivity index (χ0) is 14.3. The van der Waals surface area contributed by atoms with Gasteiger partial charge in [0.25, 0.3) is 0 Å². The smallest absolute Gasteiger partial charge is 0.0731 e. The van der Waals surface area contributed by atoms with E-state index in [0.717, 1.165) is 25.0 Å². The maximum atomic E-state index is 6.09. The highest BCUT2D eigenvalue weighted by molar-refractivity contribution is 4.86. The molecule has 1 aliphatic rings. The number of hydrogen-bond donors (Lipinski definition) is 1. The van der Waals surface area contributed by atoms with E-state index < -0.39 is 0 Å². The van der Waals surface area contributed by atoms with Crippen molar-refractivity contribution in [2.75, 3.05) is 19.8 Å². The Morgan fingerprint density at radius 3 is 2.42 bits per heavy atom. The number of rotatable bonds is 8. The van der Waals surface area contributed by atoms with Crippen LogP contribution in [-0.2, 0) is 9.47 Å². The SMILES string of the molecule is CCNC1CCC(C(C)C)CC1OCCOC(C)C. The average molecular weight is 271 g/mol. The van der Waals surface area contributed by atoms with Crippen LogP contribution in [0.15, 0.2) is 0 Å². The summed E-state index contributed by atoms with van der Waals surface area (Å²) >= 11 is 0. The van der Waals surface area contributed by atoms with E-state index in [9.17, 15) is 0 Å². The highest BCUT2D eigenvalue weighted by Crippen LogP contribution is 2.31. The summed E-state index contributed by atoms with van der Waals surface area (Å²) in [4.78, 5) is 0. The molecule has 1 aliphatic carbocycles. The Balaban J connectivity index is 2.38. The van der Waals surface area contributed by atoms with E-state index in [1.54, 1.807) is 0 Å². The monoisotopic (exact) mass is 271 g/mol. The molecule has 3 atom stereocenters. The van der Waals surface area contributed by atoms with E-state index in [1.807, 2.05) is 0 Å². The highest BCUT2D eigenvalue weighted by Gasteiger charge is 2.31. The molecule has 0 aliphatic heterocycles. The fourth-order valence-corrected chi connectivity index (χ4v) is 2.93. The van der Waals surface area contributed by atoms with E-state index >= 15 is 0 Å². The van der Waals surface area contributed by atoms with Gasteiger partial charge in [-0.15, -0.1) is 0 Å². The molecule has 1 fully saturated rings. The molecule has 0 amide bonds. The average Bonchev–Trinajstić information content (AvgIpc) is 2.36. The van der Waals surface area contributed by atoms with Gasteiger partial charge in [-0.2, -0.15) is 0 Å². The fraction of sp³-hybridized carbons (Fsp3) is 1.00. The Kier molecular flexibility index (Phi) is 7.96. The van der Waals surface area contributed by atoms with Gasteiger partial charge >= 0.3 is 0 Å². The normalized spacial score (nSPS) is 28.3. The molecular formula is C16H33NO2. The lowest BCUT2D eigenvalue weighted by Gasteiger charge is -2.38. The van der Waals surface area contributed by atoms with Gasteiger partial charge in [0.15, 0.2) is 0 Å². The minimum atomic E-state index is 0.294. The maximum absolute atomic E-state index is 6.09. The van der Waals surface area contributed by atoms with Gasteiger partial charge in [0, 0.05) is 6.04 Å². The highest BCUT2D eigenvalue weighted by atomic mass is 16.5. The summed E-state index contributed by atoms with van der Waals surface area (Å²) in [6, 6.07) is 0.527. The van der Waals surface area contributed by atoms with Crippen molar-refractivity contribution in [2.24, 2.45) is 11.8 Å². The first kappa shape index (κ1) is 16.9. The summed E-state index contributed by atoms with van der Waals surface area (Å²) < 4.78 is 11.6. The molecule has 0 aromatic carbocycles. The van der Waals surface area contributed by atoms with Crippen LogP contribution in [0.4, 0.5) is 0 Å². The zero-order valence-electron chi connectivity index (χ0n) is 13.4. The summed E-state index contributed by atoms with van der Waals surface area (Å²) in [6.45, 7) is 13.4. The summed E-state index contributed by atoms with van der Waals surface area (Å²) in [6.07, 6.45) is 4.42. The molecule has 0 spiro atoms. The third kappa shape index (κ3) is 6.24. The molecule has 0 saturated heterocycles. The van der Waals surface area contributed by atoms with Gasteiger partial charge < -0.3 is 14.8 Å². The Labute approximate surface area is 119 Å². The van der Waals surface area contributed by atoms with Crippen LogP contribution in [0.2, 0.25) is 0 Å². The quantitative estimate of drug-likeness (QED) is 0.688. The van der Waals surface area contributed by atoms with Gasteiger partial charge in [-0.3, -0.25) is 0 Å². The second-order valence-electron chi connectivity index (χ2n) is 6.31. The molecule has 3 heteroatoms. The Morgan fingerprint density at radius 1 is 1.11 bits per heavy atom. The molecule has 114 valence electrons. The number of hydrogen-bond acceptors (Lipinski definition) is 3. The molecule has 0 aromatic rings. The van der Waals surface area contributed by atoms with Crippen LogP contribution in [0, 0.1) is 11.8 Å². The Hall–Kier alpha value is -0.120. The largest absolute Gasteiger partial charge is 0.376 e. The predicted molar refractivity (Wildman–Crippen MR) is 80.5 cm³/mol. The molecule has 0 bridgehead atoms. The van der Waals surface area contributed by atoms with Crippen LogP contribution in [0.3, 0.4) is 0 Å². The van der Waals surface area contributed by atoms with Crippen molar-refractivity contribution in [3.63, 3.8) is 0 Å². The third-order valence-electron chi connectivity index (χ3n) is 4.11. The van der Waals surface area contributed by atoms with Gasteiger partial charge in [0.2, 0.25) is 0 Å². The molecule has 0 radical (unpaired) electrons. The van der Waals surface area contributed by atoms with E-state index in [-0.39, 0.29) is 0 Å². The molecule has 0 heterocycles. The molecule has 1 saturated carbocycles. The minimum absolute atomic E-state index is 0.294. The Bertz CT molecular complexity index is 231. The van der Waals surface area contributed by atoms with Crippen LogP contribution in [0.1, 0.15) is 53.9 Å². The lowest BCUT2D eigenvalue weighted by Crippen LogP contribution is -2.46. The van der Waals surface area contributed by atoms with Crippen LogP contribution < -0.4 is 5.32 Å². The number of likely N-dealkylation sites (N-methyl/N-ethyl adjacent to an activating group) is 1. The fourth-order valence-electron chi connectivity index (χ4n) is 2.93. The first-order chi connectivity index (χ1) is 9.04. The summed E-state index contributed by atoms with van der Waals surface area (Å²) in [5, 5.41) is 3.58. The van der Waals surface area contributed by atoms with Gasteiger partial charge in [-0.05, 0) is 51.5 Å². The molecule has 3 unspecified atom stereocenters. The topological polar surface area (TPSA) is 30.5 Å². The van der Waals surface area contributed by atoms with Gasteiger partial charge in [0.05, 0.1) is 25.4 Å². The first-order valence-electron chi connectivity index (χ1n) is 8.01. The van der Waals surface area contributed by atoms with Crippen molar-refractivity contribution in [3.05, 3.63) is 0 Å². The summed E-state index contributed by atoms with van der Waals surface area (Å²) in [5.41, 5.74) is 0. The molecule has 19 heavy (non-hydrogen) atoms. The third-order valence-corrected chi connectivity index (χ3v) is 4.11. The van der Waals surface area contributed by atoms with Gasteiger partial charge in [0.1, 0.15) is 0 Å². The maximum Gasteiger partial charge on any atom is 0.0731 e. The van der Waals surface area contributed by atoms with Crippen molar-refractivity contribution in [1.82, 2.24) is 5.32 Å². The van der Waals surface area contributed by atoms with E-state index in [1.165, 1.54) is 19.3 Å². The first-order valence-corrected chi connectivity index (χ1v) is 8.01. The molecule has 1 N–H and O–H groups in total.